The number of carbonyl (C=O) groups is 5. The van der Waals surface area contributed by atoms with Crippen LogP contribution >= 0.6 is 0 Å². The third kappa shape index (κ3) is 9.35. The van der Waals surface area contributed by atoms with Gasteiger partial charge in [0.2, 0.25) is 17.7 Å². The zero-order valence-electron chi connectivity index (χ0n) is 26.2. The molecule has 1 aromatic heterocycles. The first-order valence-corrected chi connectivity index (χ1v) is 15.1. The summed E-state index contributed by atoms with van der Waals surface area (Å²) in [4.78, 5) is 63.5. The molecular formula is C31H44N6O7. The highest BCUT2D eigenvalue weighted by Crippen LogP contribution is 2.25. The number of aryl methyl sites for hydroxylation is 1. The molecule has 1 aliphatic heterocycles. The van der Waals surface area contributed by atoms with Crippen LogP contribution in [0.4, 0.5) is 0 Å². The summed E-state index contributed by atoms with van der Waals surface area (Å²) in [6, 6.07) is 5.48. The Balaban J connectivity index is 1.62. The molecule has 240 valence electrons. The van der Waals surface area contributed by atoms with E-state index >= 15 is 0 Å². The summed E-state index contributed by atoms with van der Waals surface area (Å²) in [5.74, 6) is -1.35. The summed E-state index contributed by atoms with van der Waals surface area (Å²) >= 11 is 0. The number of nitrogens with zero attached hydrogens (tertiary/aromatic N) is 4. The Morgan fingerprint density at radius 3 is 2.43 bits per heavy atom. The van der Waals surface area contributed by atoms with Crippen molar-refractivity contribution >= 4 is 29.7 Å². The number of amides is 3. The first kappa shape index (κ1) is 34.2. The molecule has 0 aliphatic carbocycles. The largest absolute Gasteiger partial charge is 0.467 e. The number of hydrogen-bond acceptors (Lipinski definition) is 9. The number of aromatic nitrogens is 3. The first-order valence-electron chi connectivity index (χ1n) is 15.1. The second kappa shape index (κ2) is 16.5. The molecule has 0 spiro atoms. The number of methoxy groups -OCH3 is 2. The van der Waals surface area contributed by atoms with E-state index in [0.29, 0.717) is 57.3 Å². The van der Waals surface area contributed by atoms with Crippen LogP contribution < -0.4 is 10.6 Å². The van der Waals surface area contributed by atoms with E-state index in [1.165, 1.54) is 30.7 Å². The van der Waals surface area contributed by atoms with Crippen LogP contribution in [0.5, 0.6) is 0 Å². The minimum absolute atomic E-state index is 0.101. The average Bonchev–Trinajstić information content (AvgIpc) is 3.62. The van der Waals surface area contributed by atoms with E-state index in [2.05, 4.69) is 20.9 Å². The maximum atomic E-state index is 13.1. The van der Waals surface area contributed by atoms with Gasteiger partial charge in [-0.25, -0.2) is 14.3 Å². The number of esters is 2. The zero-order valence-corrected chi connectivity index (χ0v) is 26.2. The summed E-state index contributed by atoms with van der Waals surface area (Å²) in [6.45, 7) is 6.30. The van der Waals surface area contributed by atoms with E-state index in [4.69, 9.17) is 9.47 Å². The second-order valence-electron chi connectivity index (χ2n) is 11.4. The zero-order chi connectivity index (χ0) is 32.2. The normalized spacial score (nSPS) is 16.0. The average molecular weight is 613 g/mol. The van der Waals surface area contributed by atoms with E-state index in [-0.39, 0.29) is 30.1 Å². The van der Waals surface area contributed by atoms with E-state index in [9.17, 15) is 24.0 Å². The van der Waals surface area contributed by atoms with Gasteiger partial charge < -0.3 is 25.0 Å². The molecule has 1 saturated heterocycles. The Morgan fingerprint density at radius 2 is 1.75 bits per heavy atom. The fraction of sp³-hybridized carbons (Fsp3) is 0.581. The lowest BCUT2D eigenvalue weighted by Gasteiger charge is -2.27. The van der Waals surface area contributed by atoms with E-state index in [1.807, 2.05) is 38.1 Å². The van der Waals surface area contributed by atoms with E-state index in [0.717, 1.165) is 11.1 Å². The molecule has 0 bridgehead atoms. The molecule has 2 aromatic rings. The van der Waals surface area contributed by atoms with Gasteiger partial charge in [0.15, 0.2) is 6.04 Å². The van der Waals surface area contributed by atoms with Crippen molar-refractivity contribution in [2.45, 2.75) is 83.8 Å². The van der Waals surface area contributed by atoms with Gasteiger partial charge in [-0.2, -0.15) is 0 Å². The summed E-state index contributed by atoms with van der Waals surface area (Å²) < 4.78 is 11.4. The van der Waals surface area contributed by atoms with Crippen molar-refractivity contribution in [3.8, 4) is 11.3 Å². The molecule has 2 heterocycles. The van der Waals surface area contributed by atoms with Crippen LogP contribution in [0.25, 0.3) is 11.3 Å². The lowest BCUT2D eigenvalue weighted by atomic mass is 10.0. The lowest BCUT2D eigenvalue weighted by molar-refractivity contribution is -0.152. The highest BCUT2D eigenvalue weighted by Gasteiger charge is 2.40. The van der Waals surface area contributed by atoms with Crippen LogP contribution in [0.1, 0.15) is 70.9 Å². The number of unbranched alkanes of at least 4 members (excludes halogenated alkanes) is 1. The van der Waals surface area contributed by atoms with Gasteiger partial charge in [0, 0.05) is 32.0 Å². The molecular weight excluding hydrogens is 568 g/mol. The number of benzene rings is 1. The van der Waals surface area contributed by atoms with Crippen molar-refractivity contribution in [2.75, 3.05) is 27.3 Å². The molecule has 0 radical (unpaired) electrons. The number of likely N-dealkylation sites (tertiary alicyclic amines) is 1. The molecule has 1 aromatic carbocycles. The fourth-order valence-electron chi connectivity index (χ4n) is 5.36. The third-order valence-corrected chi connectivity index (χ3v) is 7.62. The maximum absolute atomic E-state index is 13.1. The second-order valence-corrected chi connectivity index (χ2v) is 11.4. The van der Waals surface area contributed by atoms with Crippen LogP contribution in [0.3, 0.4) is 0 Å². The molecule has 3 atom stereocenters. The number of rotatable bonds is 16. The third-order valence-electron chi connectivity index (χ3n) is 7.62. The Hall–Kier alpha value is -4.29. The van der Waals surface area contributed by atoms with Crippen molar-refractivity contribution in [1.82, 2.24) is 30.5 Å². The fourth-order valence-corrected chi connectivity index (χ4v) is 5.36. The summed E-state index contributed by atoms with van der Waals surface area (Å²) in [6.07, 6.45) is 4.96. The van der Waals surface area contributed by atoms with E-state index < -0.39 is 30.1 Å². The van der Waals surface area contributed by atoms with Gasteiger partial charge in [0.05, 0.1) is 20.4 Å². The molecule has 1 fully saturated rings. The molecule has 13 nitrogen and oxygen atoms in total. The highest BCUT2D eigenvalue weighted by molar-refractivity contribution is 5.92. The van der Waals surface area contributed by atoms with Crippen LogP contribution in [0.2, 0.25) is 0 Å². The number of ether oxygens (including phenoxy) is 2. The van der Waals surface area contributed by atoms with Crippen molar-refractivity contribution in [3.05, 3.63) is 36.0 Å². The predicted molar refractivity (Wildman–Crippen MR) is 161 cm³/mol. The van der Waals surface area contributed by atoms with Crippen LogP contribution in [-0.2, 0) is 39.9 Å². The Morgan fingerprint density at radius 1 is 1.05 bits per heavy atom. The van der Waals surface area contributed by atoms with Gasteiger partial charge in [-0.3, -0.25) is 14.4 Å². The SMILES string of the molecule is COC(=O)[C@H](CC(C)C)N1CC[C@@H](NC(=O)CCc2ccccc2-c2cn([C@@H](CCCCNC(C)=O)C(=O)OC)nn2)C1=O. The molecule has 0 saturated carbocycles. The molecule has 3 rings (SSSR count). The van der Waals surface area contributed by atoms with Crippen LogP contribution in [-0.4, -0.2) is 88.9 Å². The minimum atomic E-state index is -0.689. The minimum Gasteiger partial charge on any atom is -0.467 e. The Bertz CT molecular complexity index is 1310. The van der Waals surface area contributed by atoms with E-state index in [1.54, 1.807) is 6.20 Å². The van der Waals surface area contributed by atoms with Crippen molar-refractivity contribution in [1.29, 1.82) is 0 Å². The van der Waals surface area contributed by atoms with Gasteiger partial charge in [-0.15, -0.1) is 5.10 Å². The Labute approximate surface area is 258 Å². The maximum Gasteiger partial charge on any atom is 0.330 e. The number of carbonyl (C=O) groups excluding carboxylic acids is 5. The van der Waals surface area contributed by atoms with Crippen molar-refractivity contribution < 1.29 is 33.4 Å². The lowest BCUT2D eigenvalue weighted by Crippen LogP contribution is -2.48. The van der Waals surface area contributed by atoms with Gasteiger partial charge >= 0.3 is 11.9 Å². The molecule has 44 heavy (non-hydrogen) atoms. The summed E-state index contributed by atoms with van der Waals surface area (Å²) in [7, 11) is 2.63. The Kier molecular flexibility index (Phi) is 12.8. The molecule has 0 unspecified atom stereocenters. The number of nitrogens with one attached hydrogen (secondary N) is 2. The standard InChI is InChI=1S/C31H44N6O7/c1-20(2)18-27(31(42)44-5)36-17-15-24(29(36)40)33-28(39)14-13-22-10-6-7-11-23(22)25-19-37(35-34-25)26(30(41)43-4)12-8-9-16-32-21(3)38/h6-7,10-11,19-20,24,26-27H,8-9,12-18H2,1-5H3,(H,32,38)(H,33,39)/t24-,26+,27+/m1/s1. The molecule has 2 N–H and O–H groups in total. The smallest absolute Gasteiger partial charge is 0.330 e. The molecule has 3 amide bonds. The number of hydrogen-bond donors (Lipinski definition) is 2. The van der Waals surface area contributed by atoms with Gasteiger partial charge in [-0.05, 0) is 50.0 Å². The predicted octanol–water partition coefficient (Wildman–Crippen LogP) is 2.20. The molecule has 1 aliphatic rings. The van der Waals surface area contributed by atoms with Crippen LogP contribution in [0, 0.1) is 5.92 Å². The van der Waals surface area contributed by atoms with Gasteiger partial charge in [0.1, 0.15) is 17.8 Å². The first-order chi connectivity index (χ1) is 21.0. The van der Waals surface area contributed by atoms with Crippen molar-refractivity contribution in [2.24, 2.45) is 5.92 Å². The van der Waals surface area contributed by atoms with Gasteiger partial charge in [-0.1, -0.05) is 43.3 Å². The monoisotopic (exact) mass is 612 g/mol. The summed E-state index contributed by atoms with van der Waals surface area (Å²) in [5, 5.41) is 14.1. The summed E-state index contributed by atoms with van der Waals surface area (Å²) in [5.41, 5.74) is 2.19. The van der Waals surface area contributed by atoms with Crippen LogP contribution in [0.15, 0.2) is 30.5 Å². The van der Waals surface area contributed by atoms with Crippen molar-refractivity contribution in [3.63, 3.8) is 0 Å². The quantitative estimate of drug-likeness (QED) is 0.214. The van der Waals surface area contributed by atoms with Gasteiger partial charge in [0.25, 0.3) is 0 Å². The topological polar surface area (TPSA) is 162 Å². The molecule has 13 heteroatoms. The highest BCUT2D eigenvalue weighted by atomic mass is 16.5.